The van der Waals surface area contributed by atoms with Crippen LogP contribution in [-0.4, -0.2) is 42.4 Å². The SMILES string of the molecule is C=C(C)C(=O)OC12CC3CC(CC(COC(=O)C(F)(F)S(=O)(=O)[O-])(C3)C1)C2. The van der Waals surface area contributed by atoms with Crippen LogP contribution in [-0.2, 0) is 29.2 Å². The van der Waals surface area contributed by atoms with Crippen LogP contribution in [0, 0.1) is 17.3 Å². The topological polar surface area (TPSA) is 110 Å². The molecular weight excluding hydrogens is 386 g/mol. The lowest BCUT2D eigenvalue weighted by Crippen LogP contribution is -2.59. The first-order chi connectivity index (χ1) is 12.3. The molecule has 0 aromatic carbocycles. The predicted octanol–water partition coefficient (Wildman–Crippen LogP) is 2.13. The maximum atomic E-state index is 13.4. The van der Waals surface area contributed by atoms with E-state index < -0.39 is 44.9 Å². The molecule has 0 aromatic rings. The highest BCUT2D eigenvalue weighted by Crippen LogP contribution is 2.63. The van der Waals surface area contributed by atoms with Crippen molar-refractivity contribution in [3.05, 3.63) is 12.2 Å². The van der Waals surface area contributed by atoms with Crippen molar-refractivity contribution in [3.8, 4) is 0 Å². The van der Waals surface area contributed by atoms with E-state index in [-0.39, 0.29) is 17.4 Å². The van der Waals surface area contributed by atoms with Gasteiger partial charge in [0, 0.05) is 11.0 Å². The maximum Gasteiger partial charge on any atom is 0.428 e. The molecule has 0 saturated heterocycles. The molecule has 2 atom stereocenters. The van der Waals surface area contributed by atoms with Gasteiger partial charge >= 0.3 is 17.2 Å². The largest absolute Gasteiger partial charge is 0.743 e. The van der Waals surface area contributed by atoms with Gasteiger partial charge in [-0.3, -0.25) is 0 Å². The van der Waals surface area contributed by atoms with Crippen LogP contribution in [0.25, 0.3) is 0 Å². The molecule has 2 unspecified atom stereocenters. The van der Waals surface area contributed by atoms with Crippen LogP contribution >= 0.6 is 0 Å². The first kappa shape index (κ1) is 20.2. The Morgan fingerprint density at radius 1 is 1.22 bits per heavy atom. The van der Waals surface area contributed by atoms with E-state index in [1.54, 1.807) is 0 Å². The van der Waals surface area contributed by atoms with Gasteiger partial charge in [0.15, 0.2) is 10.1 Å². The van der Waals surface area contributed by atoms with Crippen LogP contribution in [0.4, 0.5) is 8.78 Å². The molecule has 7 nitrogen and oxygen atoms in total. The quantitative estimate of drug-likeness (QED) is 0.377. The van der Waals surface area contributed by atoms with E-state index in [9.17, 15) is 31.3 Å². The average molecular weight is 407 g/mol. The van der Waals surface area contributed by atoms with E-state index in [0.29, 0.717) is 32.1 Å². The minimum Gasteiger partial charge on any atom is -0.743 e. The molecule has 4 fully saturated rings. The lowest BCUT2D eigenvalue weighted by atomic mass is 9.48. The summed E-state index contributed by atoms with van der Waals surface area (Å²) >= 11 is 0. The van der Waals surface area contributed by atoms with Gasteiger partial charge in [0.2, 0.25) is 0 Å². The third-order valence-electron chi connectivity index (χ3n) is 5.85. The highest BCUT2D eigenvalue weighted by atomic mass is 32.2. The van der Waals surface area contributed by atoms with Gasteiger partial charge in [-0.15, -0.1) is 0 Å². The van der Waals surface area contributed by atoms with Crippen molar-refractivity contribution in [3.63, 3.8) is 0 Å². The van der Waals surface area contributed by atoms with Crippen molar-refractivity contribution in [2.75, 3.05) is 6.61 Å². The zero-order chi connectivity index (χ0) is 20.3. The molecule has 4 aliphatic carbocycles. The molecule has 4 aliphatic rings. The fourth-order valence-corrected chi connectivity index (χ4v) is 5.60. The number of carbonyl (C=O) groups excluding carboxylic acids is 2. The molecule has 0 spiro atoms. The van der Waals surface area contributed by atoms with Crippen LogP contribution in [0.3, 0.4) is 0 Å². The first-order valence-corrected chi connectivity index (χ1v) is 10.1. The van der Waals surface area contributed by atoms with Crippen molar-refractivity contribution in [2.24, 2.45) is 17.3 Å². The summed E-state index contributed by atoms with van der Waals surface area (Å²) in [6, 6.07) is 0. The summed E-state index contributed by atoms with van der Waals surface area (Å²) in [5.74, 6) is -2.48. The molecule has 0 heterocycles. The smallest absolute Gasteiger partial charge is 0.428 e. The standard InChI is InChI=1S/C17H22F2O7S/c1-10(2)13(20)26-16-6-11-3-12(7-16)5-15(4-11,8-16)9-25-14(21)17(18,19)27(22,23)24/h11-12H,1,3-9H2,2H3,(H,22,23,24)/p-1. The fourth-order valence-electron chi connectivity index (χ4n) is 5.34. The summed E-state index contributed by atoms with van der Waals surface area (Å²) in [4.78, 5) is 23.5. The van der Waals surface area contributed by atoms with Crippen LogP contribution in [0.1, 0.15) is 45.4 Å². The van der Waals surface area contributed by atoms with Gasteiger partial charge in [0.25, 0.3) is 0 Å². The van der Waals surface area contributed by atoms with Crippen molar-refractivity contribution in [1.82, 2.24) is 0 Å². The Hall–Kier alpha value is -1.55. The molecule has 0 N–H and O–H groups in total. The monoisotopic (exact) mass is 407 g/mol. The zero-order valence-electron chi connectivity index (χ0n) is 14.8. The summed E-state index contributed by atoms with van der Waals surface area (Å²) in [7, 11) is -6.15. The Balaban J connectivity index is 1.75. The second-order valence-electron chi connectivity index (χ2n) is 8.36. The normalized spacial score (nSPS) is 35.0. The molecule has 27 heavy (non-hydrogen) atoms. The predicted molar refractivity (Wildman–Crippen MR) is 86.4 cm³/mol. The summed E-state index contributed by atoms with van der Waals surface area (Å²) in [5, 5.41) is -5.13. The number of ether oxygens (including phenoxy) is 2. The van der Waals surface area contributed by atoms with Gasteiger partial charge in [-0.2, -0.15) is 8.78 Å². The van der Waals surface area contributed by atoms with Gasteiger partial charge in [-0.1, -0.05) is 6.58 Å². The van der Waals surface area contributed by atoms with Gasteiger partial charge in [-0.25, -0.2) is 18.0 Å². The first-order valence-electron chi connectivity index (χ1n) is 8.67. The molecule has 0 aromatic heterocycles. The second kappa shape index (κ2) is 6.23. The number of hydrogen-bond donors (Lipinski definition) is 0. The molecule has 0 radical (unpaired) electrons. The number of halogens is 2. The number of esters is 2. The molecule has 4 bridgehead atoms. The highest BCUT2D eigenvalue weighted by molar-refractivity contribution is 7.87. The average Bonchev–Trinajstić information content (AvgIpc) is 2.49. The lowest BCUT2D eigenvalue weighted by Gasteiger charge is -2.60. The van der Waals surface area contributed by atoms with Gasteiger partial charge in [0.1, 0.15) is 5.60 Å². The molecule has 152 valence electrons. The Labute approximate surface area is 155 Å². The third-order valence-corrected chi connectivity index (χ3v) is 6.64. The minimum absolute atomic E-state index is 0.201. The number of alkyl halides is 2. The molecular formula is C17H21F2O7S-. The van der Waals surface area contributed by atoms with Crippen molar-refractivity contribution < 1.29 is 40.8 Å². The van der Waals surface area contributed by atoms with Crippen molar-refractivity contribution >= 4 is 22.1 Å². The Morgan fingerprint density at radius 3 is 2.26 bits per heavy atom. The summed E-state index contributed by atoms with van der Waals surface area (Å²) < 4.78 is 68.8. The fraction of sp³-hybridized carbons (Fsp3) is 0.765. The van der Waals surface area contributed by atoms with E-state index in [0.717, 1.165) is 6.42 Å². The van der Waals surface area contributed by atoms with Crippen LogP contribution in [0.2, 0.25) is 0 Å². The van der Waals surface area contributed by atoms with Crippen molar-refractivity contribution in [1.29, 1.82) is 0 Å². The minimum atomic E-state index is -6.15. The molecule has 4 saturated carbocycles. The van der Waals surface area contributed by atoms with E-state index in [1.165, 1.54) is 6.92 Å². The van der Waals surface area contributed by atoms with E-state index in [1.807, 2.05) is 0 Å². The third kappa shape index (κ3) is 3.61. The molecule has 0 amide bonds. The number of hydrogen-bond acceptors (Lipinski definition) is 7. The van der Waals surface area contributed by atoms with E-state index in [2.05, 4.69) is 11.3 Å². The summed E-state index contributed by atoms with van der Waals surface area (Å²) in [6.07, 6.45) is 3.80. The van der Waals surface area contributed by atoms with Gasteiger partial charge in [0.05, 0.1) is 6.61 Å². The van der Waals surface area contributed by atoms with Crippen LogP contribution in [0.5, 0.6) is 0 Å². The maximum absolute atomic E-state index is 13.4. The highest BCUT2D eigenvalue weighted by Gasteiger charge is 2.60. The molecule has 0 aliphatic heterocycles. The second-order valence-corrected chi connectivity index (χ2v) is 9.78. The number of carbonyl (C=O) groups is 2. The Morgan fingerprint density at radius 2 is 1.78 bits per heavy atom. The summed E-state index contributed by atoms with van der Waals surface area (Å²) in [6.45, 7) is 4.67. The molecule has 10 heteroatoms. The van der Waals surface area contributed by atoms with Crippen molar-refractivity contribution in [2.45, 2.75) is 56.3 Å². The summed E-state index contributed by atoms with van der Waals surface area (Å²) in [5.41, 5.74) is -1.16. The van der Waals surface area contributed by atoms with Crippen LogP contribution < -0.4 is 0 Å². The van der Waals surface area contributed by atoms with E-state index in [4.69, 9.17) is 4.74 Å². The van der Waals surface area contributed by atoms with Gasteiger partial charge < -0.3 is 14.0 Å². The van der Waals surface area contributed by atoms with Gasteiger partial charge in [-0.05, 0) is 57.3 Å². The van der Waals surface area contributed by atoms with E-state index >= 15 is 0 Å². The lowest BCUT2D eigenvalue weighted by molar-refractivity contribution is -0.210. The zero-order valence-corrected chi connectivity index (χ0v) is 15.6. The number of rotatable bonds is 6. The molecule has 4 rings (SSSR count). The Kier molecular flexibility index (Phi) is 4.66. The Bertz CT molecular complexity index is 775. The van der Waals surface area contributed by atoms with Crippen LogP contribution in [0.15, 0.2) is 12.2 Å².